The summed E-state index contributed by atoms with van der Waals surface area (Å²) in [6.07, 6.45) is 5.41. The second-order valence-electron chi connectivity index (χ2n) is 4.85. The Labute approximate surface area is 122 Å². The molecule has 106 valence electrons. The van der Waals surface area contributed by atoms with E-state index in [1.807, 2.05) is 56.3 Å². The second-order valence-corrected chi connectivity index (χ2v) is 4.85. The topological polar surface area (TPSA) is 63.6 Å². The molecule has 0 amide bonds. The first kappa shape index (κ1) is 13.3. The molecule has 1 aromatic carbocycles. The van der Waals surface area contributed by atoms with Crippen LogP contribution in [0.25, 0.3) is 17.4 Å². The number of fused-ring (bicyclic) bond motifs is 1. The van der Waals surface area contributed by atoms with Crippen molar-refractivity contribution in [3.05, 3.63) is 64.3 Å². The number of nitrogens with one attached hydrogen (secondary N) is 1. The van der Waals surface area contributed by atoms with E-state index in [0.29, 0.717) is 11.3 Å². The number of hydrogen-bond acceptors (Lipinski definition) is 3. The third-order valence-corrected chi connectivity index (χ3v) is 3.45. The van der Waals surface area contributed by atoms with Crippen LogP contribution in [0, 0.1) is 0 Å². The molecule has 0 spiro atoms. The minimum atomic E-state index is -0.195. The lowest BCUT2D eigenvalue weighted by atomic mass is 10.1. The van der Waals surface area contributed by atoms with Crippen molar-refractivity contribution in [2.75, 3.05) is 0 Å². The lowest BCUT2D eigenvalue weighted by molar-refractivity contribution is 0.630. The zero-order chi connectivity index (χ0) is 14.8. The fourth-order valence-electron chi connectivity index (χ4n) is 2.40. The number of aromatic nitrogens is 4. The van der Waals surface area contributed by atoms with E-state index in [1.54, 1.807) is 10.8 Å². The fraction of sp³-hybridized carbons (Fsp3) is 0.188. The maximum Gasteiger partial charge on any atom is 0.329 e. The zero-order valence-corrected chi connectivity index (χ0v) is 11.9. The van der Waals surface area contributed by atoms with E-state index in [2.05, 4.69) is 15.0 Å². The van der Waals surface area contributed by atoms with Crippen LogP contribution in [0.15, 0.2) is 47.4 Å². The normalized spacial score (nSPS) is 13.0. The number of allylic oxidation sites excluding steroid dienone is 1. The molecule has 0 saturated carbocycles. The monoisotopic (exact) mass is 280 g/mol. The van der Waals surface area contributed by atoms with Crippen molar-refractivity contribution >= 4 is 17.4 Å². The fourth-order valence-corrected chi connectivity index (χ4v) is 2.40. The van der Waals surface area contributed by atoms with Gasteiger partial charge in [-0.1, -0.05) is 36.4 Å². The van der Waals surface area contributed by atoms with Crippen LogP contribution in [0.4, 0.5) is 0 Å². The van der Waals surface area contributed by atoms with E-state index in [1.165, 1.54) is 0 Å². The molecule has 0 bridgehead atoms. The molecule has 1 atom stereocenters. The third kappa shape index (κ3) is 2.38. The van der Waals surface area contributed by atoms with E-state index in [4.69, 9.17) is 0 Å². The van der Waals surface area contributed by atoms with E-state index in [-0.39, 0.29) is 11.7 Å². The Morgan fingerprint density at radius 1 is 1.29 bits per heavy atom. The maximum atomic E-state index is 12.2. The summed E-state index contributed by atoms with van der Waals surface area (Å²) in [5, 5.41) is 0. The SMILES string of the molecule is C/C=C\c1cnc2[nH]c(=O)n([C@@H](C)c3ccccc3)c2n1. The smallest absolute Gasteiger partial charge is 0.289 e. The van der Waals surface area contributed by atoms with Gasteiger partial charge in [0.05, 0.1) is 17.9 Å². The predicted octanol–water partition coefficient (Wildman–Crippen LogP) is 2.76. The van der Waals surface area contributed by atoms with Crippen molar-refractivity contribution in [2.45, 2.75) is 19.9 Å². The number of nitrogens with zero attached hydrogens (tertiary/aromatic N) is 3. The molecule has 0 aliphatic rings. The van der Waals surface area contributed by atoms with Gasteiger partial charge in [0.2, 0.25) is 0 Å². The molecule has 5 nitrogen and oxygen atoms in total. The third-order valence-electron chi connectivity index (χ3n) is 3.45. The summed E-state index contributed by atoms with van der Waals surface area (Å²) < 4.78 is 1.64. The van der Waals surface area contributed by atoms with Gasteiger partial charge in [-0.15, -0.1) is 0 Å². The Hall–Kier alpha value is -2.69. The molecule has 0 fully saturated rings. The van der Waals surface area contributed by atoms with E-state index in [9.17, 15) is 4.79 Å². The number of benzene rings is 1. The van der Waals surface area contributed by atoms with Crippen molar-refractivity contribution in [3.63, 3.8) is 0 Å². The minimum absolute atomic E-state index is 0.109. The van der Waals surface area contributed by atoms with Crippen LogP contribution < -0.4 is 5.69 Å². The van der Waals surface area contributed by atoms with Gasteiger partial charge < -0.3 is 0 Å². The lowest BCUT2D eigenvalue weighted by Crippen LogP contribution is -2.21. The quantitative estimate of drug-likeness (QED) is 0.802. The molecule has 3 aromatic rings. The van der Waals surface area contributed by atoms with Crippen LogP contribution in [0.5, 0.6) is 0 Å². The lowest BCUT2D eigenvalue weighted by Gasteiger charge is -2.13. The van der Waals surface area contributed by atoms with Crippen molar-refractivity contribution < 1.29 is 0 Å². The van der Waals surface area contributed by atoms with Gasteiger partial charge >= 0.3 is 5.69 Å². The Morgan fingerprint density at radius 2 is 2.05 bits per heavy atom. The van der Waals surface area contributed by atoms with Crippen LogP contribution in [0.2, 0.25) is 0 Å². The first-order chi connectivity index (χ1) is 10.2. The molecular formula is C16H16N4O. The van der Waals surface area contributed by atoms with E-state index >= 15 is 0 Å². The molecule has 5 heteroatoms. The van der Waals surface area contributed by atoms with Gasteiger partial charge in [0.25, 0.3) is 0 Å². The summed E-state index contributed by atoms with van der Waals surface area (Å²) in [4.78, 5) is 23.8. The maximum absolute atomic E-state index is 12.2. The molecule has 0 saturated heterocycles. The van der Waals surface area contributed by atoms with Crippen LogP contribution in [-0.2, 0) is 0 Å². The van der Waals surface area contributed by atoms with Gasteiger partial charge in [-0.25, -0.2) is 14.8 Å². The predicted molar refractivity (Wildman–Crippen MR) is 83.1 cm³/mol. The van der Waals surface area contributed by atoms with Crippen LogP contribution in [-0.4, -0.2) is 19.5 Å². The van der Waals surface area contributed by atoms with Crippen LogP contribution in [0.3, 0.4) is 0 Å². The van der Waals surface area contributed by atoms with Gasteiger partial charge in [-0.3, -0.25) is 9.55 Å². The number of imidazole rings is 1. The summed E-state index contributed by atoms with van der Waals surface area (Å²) in [6, 6.07) is 9.77. The number of aromatic amines is 1. The Morgan fingerprint density at radius 3 is 2.76 bits per heavy atom. The molecule has 0 aliphatic heterocycles. The van der Waals surface area contributed by atoms with Crippen molar-refractivity contribution in [1.29, 1.82) is 0 Å². The highest BCUT2D eigenvalue weighted by molar-refractivity contribution is 5.67. The summed E-state index contributed by atoms with van der Waals surface area (Å²) in [6.45, 7) is 3.90. The van der Waals surface area contributed by atoms with Crippen molar-refractivity contribution in [2.24, 2.45) is 0 Å². The largest absolute Gasteiger partial charge is 0.329 e. The first-order valence-electron chi connectivity index (χ1n) is 6.85. The minimum Gasteiger partial charge on any atom is -0.289 e. The number of H-pyrrole nitrogens is 1. The summed E-state index contributed by atoms with van der Waals surface area (Å²) in [7, 11) is 0. The highest BCUT2D eigenvalue weighted by atomic mass is 16.1. The molecule has 0 aliphatic carbocycles. The highest BCUT2D eigenvalue weighted by Crippen LogP contribution is 2.19. The van der Waals surface area contributed by atoms with Gasteiger partial charge in [0, 0.05) is 0 Å². The summed E-state index contributed by atoms with van der Waals surface area (Å²) >= 11 is 0. The Bertz CT molecular complexity index is 846. The molecule has 2 heterocycles. The molecule has 3 rings (SSSR count). The van der Waals surface area contributed by atoms with E-state index in [0.717, 1.165) is 11.3 Å². The van der Waals surface area contributed by atoms with Gasteiger partial charge in [0.1, 0.15) is 0 Å². The van der Waals surface area contributed by atoms with Crippen molar-refractivity contribution in [1.82, 2.24) is 19.5 Å². The molecule has 0 radical (unpaired) electrons. The highest BCUT2D eigenvalue weighted by Gasteiger charge is 2.16. The van der Waals surface area contributed by atoms with Gasteiger partial charge in [-0.2, -0.15) is 0 Å². The van der Waals surface area contributed by atoms with Crippen LogP contribution in [0.1, 0.15) is 31.1 Å². The molecular weight excluding hydrogens is 264 g/mol. The molecule has 1 N–H and O–H groups in total. The van der Waals surface area contributed by atoms with Crippen LogP contribution >= 0.6 is 0 Å². The van der Waals surface area contributed by atoms with Gasteiger partial charge in [0.15, 0.2) is 11.3 Å². The summed E-state index contributed by atoms with van der Waals surface area (Å²) in [5.41, 5.74) is 2.68. The summed E-state index contributed by atoms with van der Waals surface area (Å²) in [5.74, 6) is 0. The first-order valence-corrected chi connectivity index (χ1v) is 6.85. The average Bonchev–Trinajstić information content (AvgIpc) is 2.83. The van der Waals surface area contributed by atoms with E-state index < -0.39 is 0 Å². The van der Waals surface area contributed by atoms with Crippen molar-refractivity contribution in [3.8, 4) is 0 Å². The Balaban J connectivity index is 2.19. The molecule has 0 unspecified atom stereocenters. The molecule has 2 aromatic heterocycles. The number of rotatable bonds is 3. The molecule has 21 heavy (non-hydrogen) atoms. The number of hydrogen-bond donors (Lipinski definition) is 1. The second kappa shape index (κ2) is 5.36. The van der Waals surface area contributed by atoms with Gasteiger partial charge in [-0.05, 0) is 25.5 Å². The zero-order valence-electron chi connectivity index (χ0n) is 11.9. The standard InChI is InChI=1S/C16H16N4O/c1-3-7-13-10-17-14-15(18-13)20(16(21)19-14)11(2)12-8-5-4-6-9-12/h3-11H,1-2H3,(H,17,19,21)/b7-3-/t11-/m0/s1. The Kier molecular flexibility index (Phi) is 3.39. The average molecular weight is 280 g/mol.